The predicted octanol–water partition coefficient (Wildman–Crippen LogP) is 2.67. The second-order valence-corrected chi connectivity index (χ2v) is 4.91. The fourth-order valence-electron chi connectivity index (χ4n) is 1.76. The normalized spacial score (nSPS) is 10.7. The Kier molecular flexibility index (Phi) is 4.18. The number of nitro groups is 1. The van der Waals surface area contributed by atoms with E-state index < -0.39 is 10.8 Å². The topological polar surface area (TPSA) is 103 Å². The van der Waals surface area contributed by atoms with Crippen molar-refractivity contribution in [2.45, 2.75) is 19.9 Å². The van der Waals surface area contributed by atoms with E-state index in [0.29, 0.717) is 0 Å². The van der Waals surface area contributed by atoms with E-state index in [4.69, 9.17) is 11.6 Å². The first kappa shape index (κ1) is 14.9. The Bertz CT molecular complexity index is 698. The second kappa shape index (κ2) is 5.88. The lowest BCUT2D eigenvalue weighted by Crippen LogP contribution is -2.18. The molecular formula is C12H12ClN5O3. The summed E-state index contributed by atoms with van der Waals surface area (Å²) >= 11 is 5.68. The maximum Gasteiger partial charge on any atom is 0.287 e. The number of hydrogen-bond donors (Lipinski definition) is 1. The Balaban J connectivity index is 2.32. The summed E-state index contributed by atoms with van der Waals surface area (Å²) in [7, 11) is 0. The lowest BCUT2D eigenvalue weighted by atomic mass is 10.3. The first-order valence-electron chi connectivity index (χ1n) is 6.03. The fourth-order valence-corrected chi connectivity index (χ4v) is 1.90. The molecule has 2 rings (SSSR count). The zero-order chi connectivity index (χ0) is 15.6. The van der Waals surface area contributed by atoms with Crippen LogP contribution in [0.25, 0.3) is 0 Å². The van der Waals surface area contributed by atoms with Gasteiger partial charge in [0.2, 0.25) is 0 Å². The molecule has 0 saturated heterocycles. The van der Waals surface area contributed by atoms with Crippen molar-refractivity contribution in [1.29, 1.82) is 0 Å². The molecule has 0 spiro atoms. The molecule has 0 atom stereocenters. The number of rotatable bonds is 4. The van der Waals surface area contributed by atoms with Crippen LogP contribution >= 0.6 is 11.6 Å². The van der Waals surface area contributed by atoms with Crippen molar-refractivity contribution in [1.82, 2.24) is 14.5 Å². The van der Waals surface area contributed by atoms with Gasteiger partial charge in [0.25, 0.3) is 11.6 Å². The molecular weight excluding hydrogens is 298 g/mol. The summed E-state index contributed by atoms with van der Waals surface area (Å²) in [4.78, 5) is 30.2. The summed E-state index contributed by atoms with van der Waals surface area (Å²) in [5, 5.41) is 13.5. The van der Waals surface area contributed by atoms with Gasteiger partial charge in [0.1, 0.15) is 10.8 Å². The number of nitrogens with one attached hydrogen (secondary N) is 1. The van der Waals surface area contributed by atoms with Gasteiger partial charge in [0.05, 0.1) is 23.5 Å². The lowest BCUT2D eigenvalue weighted by molar-refractivity contribution is -0.384. The predicted molar refractivity (Wildman–Crippen MR) is 76.5 cm³/mol. The van der Waals surface area contributed by atoms with Crippen LogP contribution in [0.3, 0.4) is 0 Å². The molecule has 0 fully saturated rings. The maximum absolute atomic E-state index is 12.2. The molecule has 1 N–H and O–H groups in total. The fraction of sp³-hybridized carbons (Fsp3) is 0.250. The Hall–Kier alpha value is -2.48. The smallest absolute Gasteiger partial charge is 0.287 e. The van der Waals surface area contributed by atoms with Crippen LogP contribution in [0.1, 0.15) is 30.4 Å². The molecule has 21 heavy (non-hydrogen) atoms. The number of anilines is 1. The summed E-state index contributed by atoms with van der Waals surface area (Å²) in [6.07, 6.45) is 3.99. The van der Waals surface area contributed by atoms with Crippen molar-refractivity contribution < 1.29 is 9.72 Å². The van der Waals surface area contributed by atoms with Crippen molar-refractivity contribution in [3.05, 3.63) is 45.6 Å². The average Bonchev–Trinajstić information content (AvgIpc) is 2.84. The minimum Gasteiger partial charge on any atom is -0.335 e. The van der Waals surface area contributed by atoms with E-state index >= 15 is 0 Å². The summed E-state index contributed by atoms with van der Waals surface area (Å²) in [5.41, 5.74) is 0.0181. The molecule has 0 radical (unpaired) electrons. The van der Waals surface area contributed by atoms with E-state index in [-0.39, 0.29) is 28.4 Å². The molecule has 0 saturated carbocycles. The van der Waals surface area contributed by atoms with Gasteiger partial charge in [0, 0.05) is 12.1 Å². The number of hydrogen-bond acceptors (Lipinski definition) is 5. The molecule has 2 aromatic heterocycles. The van der Waals surface area contributed by atoms with E-state index in [1.165, 1.54) is 29.2 Å². The maximum atomic E-state index is 12.2. The Morgan fingerprint density at radius 3 is 2.76 bits per heavy atom. The quantitative estimate of drug-likeness (QED) is 0.690. The molecule has 110 valence electrons. The van der Waals surface area contributed by atoms with Gasteiger partial charge in [-0.15, -0.1) is 0 Å². The molecule has 0 aliphatic rings. The van der Waals surface area contributed by atoms with Gasteiger partial charge in [-0.3, -0.25) is 19.9 Å². The highest BCUT2D eigenvalue weighted by atomic mass is 35.5. The lowest BCUT2D eigenvalue weighted by Gasteiger charge is -2.11. The summed E-state index contributed by atoms with van der Waals surface area (Å²) < 4.78 is 1.52. The van der Waals surface area contributed by atoms with Crippen molar-refractivity contribution in [2.24, 2.45) is 0 Å². The SMILES string of the molecule is CC(C)n1cc([N+](=O)[O-])cc1C(=O)Nc1cncc(Cl)n1. The number of halogens is 1. The van der Waals surface area contributed by atoms with Crippen LogP contribution in [0.15, 0.2) is 24.7 Å². The minimum atomic E-state index is -0.547. The number of carbonyl (C=O) groups excluding carboxylic acids is 1. The first-order valence-corrected chi connectivity index (χ1v) is 6.41. The van der Waals surface area contributed by atoms with E-state index in [9.17, 15) is 14.9 Å². The molecule has 1 amide bonds. The van der Waals surface area contributed by atoms with Crippen LogP contribution in [0.5, 0.6) is 0 Å². The molecule has 2 heterocycles. The number of amides is 1. The number of nitrogens with zero attached hydrogens (tertiary/aromatic N) is 4. The zero-order valence-electron chi connectivity index (χ0n) is 11.3. The van der Waals surface area contributed by atoms with Crippen LogP contribution in [0, 0.1) is 10.1 Å². The highest BCUT2D eigenvalue weighted by Crippen LogP contribution is 2.21. The number of carbonyl (C=O) groups is 1. The van der Waals surface area contributed by atoms with Gasteiger partial charge < -0.3 is 9.88 Å². The van der Waals surface area contributed by atoms with E-state index in [0.717, 1.165) is 0 Å². The van der Waals surface area contributed by atoms with Gasteiger partial charge in [-0.25, -0.2) is 4.98 Å². The zero-order valence-corrected chi connectivity index (χ0v) is 12.0. The monoisotopic (exact) mass is 309 g/mol. The Morgan fingerprint density at radius 1 is 1.48 bits per heavy atom. The Morgan fingerprint density at radius 2 is 2.19 bits per heavy atom. The van der Waals surface area contributed by atoms with Gasteiger partial charge >= 0.3 is 0 Å². The largest absolute Gasteiger partial charge is 0.335 e. The molecule has 0 unspecified atom stereocenters. The van der Waals surface area contributed by atoms with E-state index in [2.05, 4.69) is 15.3 Å². The van der Waals surface area contributed by atoms with Gasteiger partial charge in [-0.2, -0.15) is 0 Å². The Labute approximate surface area is 124 Å². The van der Waals surface area contributed by atoms with Gasteiger partial charge in [0.15, 0.2) is 5.82 Å². The van der Waals surface area contributed by atoms with Crippen LogP contribution in [-0.2, 0) is 0 Å². The van der Waals surface area contributed by atoms with Gasteiger partial charge in [-0.05, 0) is 13.8 Å². The van der Waals surface area contributed by atoms with Crippen LogP contribution in [0.4, 0.5) is 11.5 Å². The molecule has 0 aliphatic carbocycles. The molecule has 0 aromatic carbocycles. The number of aromatic nitrogens is 3. The standard InChI is InChI=1S/C12H12ClN5O3/c1-7(2)17-6-8(18(20)21)3-9(17)12(19)16-11-5-14-4-10(13)15-11/h3-7H,1-2H3,(H,15,16,19). The van der Waals surface area contributed by atoms with Crippen molar-refractivity contribution in [3.8, 4) is 0 Å². The van der Waals surface area contributed by atoms with Crippen LogP contribution in [-0.4, -0.2) is 25.4 Å². The first-order chi connectivity index (χ1) is 9.88. The average molecular weight is 310 g/mol. The summed E-state index contributed by atoms with van der Waals surface area (Å²) in [5.74, 6) is -0.347. The summed E-state index contributed by atoms with van der Waals surface area (Å²) in [6, 6.07) is 1.11. The van der Waals surface area contributed by atoms with E-state index in [1.54, 1.807) is 0 Å². The summed E-state index contributed by atoms with van der Waals surface area (Å²) in [6.45, 7) is 3.64. The van der Waals surface area contributed by atoms with Crippen molar-refractivity contribution in [3.63, 3.8) is 0 Å². The van der Waals surface area contributed by atoms with Gasteiger partial charge in [-0.1, -0.05) is 11.6 Å². The minimum absolute atomic E-state index is 0.107. The third kappa shape index (κ3) is 3.34. The molecule has 9 heteroatoms. The van der Waals surface area contributed by atoms with Crippen molar-refractivity contribution >= 4 is 29.0 Å². The molecule has 8 nitrogen and oxygen atoms in total. The molecule has 0 aliphatic heterocycles. The molecule has 0 bridgehead atoms. The van der Waals surface area contributed by atoms with Crippen molar-refractivity contribution in [2.75, 3.05) is 5.32 Å². The highest BCUT2D eigenvalue weighted by Gasteiger charge is 2.21. The third-order valence-corrected chi connectivity index (χ3v) is 2.86. The van der Waals surface area contributed by atoms with Crippen LogP contribution in [0.2, 0.25) is 5.15 Å². The van der Waals surface area contributed by atoms with E-state index in [1.807, 2.05) is 13.8 Å². The second-order valence-electron chi connectivity index (χ2n) is 4.52. The highest BCUT2D eigenvalue weighted by molar-refractivity contribution is 6.29. The molecule has 2 aromatic rings. The third-order valence-electron chi connectivity index (χ3n) is 2.68. The van der Waals surface area contributed by atoms with Crippen LogP contribution < -0.4 is 5.32 Å².